The lowest BCUT2D eigenvalue weighted by Gasteiger charge is -2.18. The first-order valence-electron chi connectivity index (χ1n) is 9.12. The molecular weight excluding hydrogens is 360 g/mol. The molecule has 0 spiro atoms. The largest absolute Gasteiger partial charge is 0.312 e. The maximum Gasteiger partial charge on any atom is 0.241 e. The monoisotopic (exact) mass is 386 g/mol. The molecule has 1 amide bonds. The minimum Gasteiger partial charge on any atom is -0.312 e. The fourth-order valence-electron chi connectivity index (χ4n) is 3.78. The quantitative estimate of drug-likeness (QED) is 0.858. The second-order valence-corrected chi connectivity index (χ2v) is 9.19. The molecule has 1 aliphatic rings. The lowest BCUT2D eigenvalue weighted by molar-refractivity contribution is -0.117. The molecule has 2 aromatic rings. The second-order valence-electron chi connectivity index (χ2n) is 7.49. The Bertz CT molecular complexity index is 942. The van der Waals surface area contributed by atoms with E-state index in [1.807, 2.05) is 64.1 Å². The van der Waals surface area contributed by atoms with Crippen LogP contribution in [0.15, 0.2) is 41.3 Å². The Balaban J connectivity index is 1.70. The number of anilines is 1. The predicted molar refractivity (Wildman–Crippen MR) is 107 cm³/mol. The highest BCUT2D eigenvalue weighted by Crippen LogP contribution is 2.26. The zero-order chi connectivity index (χ0) is 19.8. The SMILES string of the molecule is Cc1ccc(N2CC(CNS(=O)(=O)c3c(C)cc(C)cc3C)CC2=O)cc1. The van der Waals surface area contributed by atoms with Crippen LogP contribution in [0, 0.1) is 33.6 Å². The predicted octanol–water partition coefficient (Wildman–Crippen LogP) is 3.25. The van der Waals surface area contributed by atoms with Gasteiger partial charge in [-0.15, -0.1) is 0 Å². The van der Waals surface area contributed by atoms with Crippen LogP contribution in [0.4, 0.5) is 5.69 Å². The van der Waals surface area contributed by atoms with Gasteiger partial charge in [0, 0.05) is 25.2 Å². The van der Waals surface area contributed by atoms with Gasteiger partial charge in [0.05, 0.1) is 4.90 Å². The molecule has 1 aliphatic heterocycles. The summed E-state index contributed by atoms with van der Waals surface area (Å²) in [4.78, 5) is 14.4. The number of sulfonamides is 1. The van der Waals surface area contributed by atoms with Gasteiger partial charge in [0.2, 0.25) is 15.9 Å². The van der Waals surface area contributed by atoms with Gasteiger partial charge < -0.3 is 4.90 Å². The van der Waals surface area contributed by atoms with Crippen molar-refractivity contribution >= 4 is 21.6 Å². The molecular formula is C21H26N2O3S. The fourth-order valence-corrected chi connectivity index (χ4v) is 5.35. The number of carbonyl (C=O) groups excluding carboxylic acids is 1. The normalized spacial score (nSPS) is 17.6. The van der Waals surface area contributed by atoms with Crippen LogP contribution < -0.4 is 9.62 Å². The topological polar surface area (TPSA) is 66.5 Å². The molecule has 27 heavy (non-hydrogen) atoms. The van der Waals surface area contributed by atoms with E-state index in [-0.39, 0.29) is 18.4 Å². The Morgan fingerprint density at radius 1 is 1.00 bits per heavy atom. The van der Waals surface area contributed by atoms with Crippen molar-refractivity contribution < 1.29 is 13.2 Å². The summed E-state index contributed by atoms with van der Waals surface area (Å²) in [6.07, 6.45) is 0.349. The fraction of sp³-hybridized carbons (Fsp3) is 0.381. The van der Waals surface area contributed by atoms with E-state index < -0.39 is 10.0 Å². The van der Waals surface area contributed by atoms with Gasteiger partial charge in [-0.2, -0.15) is 0 Å². The Morgan fingerprint density at radius 2 is 1.59 bits per heavy atom. The molecule has 0 bridgehead atoms. The van der Waals surface area contributed by atoms with Crippen molar-refractivity contribution in [2.75, 3.05) is 18.0 Å². The standard InChI is InChI=1S/C21H26N2O3S/c1-14-5-7-19(8-6-14)23-13-18(11-20(23)24)12-22-27(25,26)21-16(3)9-15(2)10-17(21)4/h5-10,18,22H,11-13H2,1-4H3. The molecule has 3 rings (SSSR count). The lowest BCUT2D eigenvalue weighted by atomic mass is 10.1. The van der Waals surface area contributed by atoms with E-state index in [9.17, 15) is 13.2 Å². The molecule has 144 valence electrons. The zero-order valence-corrected chi connectivity index (χ0v) is 17.1. The minimum absolute atomic E-state index is 0.0331. The van der Waals surface area contributed by atoms with Gasteiger partial charge >= 0.3 is 0 Å². The summed E-state index contributed by atoms with van der Waals surface area (Å²) in [6, 6.07) is 11.6. The highest BCUT2D eigenvalue weighted by Gasteiger charge is 2.32. The van der Waals surface area contributed by atoms with Crippen LogP contribution in [0.5, 0.6) is 0 Å². The van der Waals surface area contributed by atoms with Gasteiger partial charge in [0.15, 0.2) is 0 Å². The van der Waals surface area contributed by atoms with Gasteiger partial charge in [0.25, 0.3) is 0 Å². The summed E-state index contributed by atoms with van der Waals surface area (Å²) < 4.78 is 28.3. The van der Waals surface area contributed by atoms with Crippen LogP contribution in [0.3, 0.4) is 0 Å². The summed E-state index contributed by atoms with van der Waals surface area (Å²) >= 11 is 0. The molecule has 2 aromatic carbocycles. The van der Waals surface area contributed by atoms with Crippen molar-refractivity contribution in [3.8, 4) is 0 Å². The van der Waals surface area contributed by atoms with Gasteiger partial charge in [-0.25, -0.2) is 13.1 Å². The van der Waals surface area contributed by atoms with Crippen molar-refractivity contribution in [3.63, 3.8) is 0 Å². The van der Waals surface area contributed by atoms with E-state index in [2.05, 4.69) is 4.72 Å². The van der Waals surface area contributed by atoms with Crippen LogP contribution in [0.2, 0.25) is 0 Å². The Hall–Kier alpha value is -2.18. The molecule has 0 aromatic heterocycles. The third-order valence-electron chi connectivity index (χ3n) is 4.99. The number of carbonyl (C=O) groups is 1. The summed E-state index contributed by atoms with van der Waals surface area (Å²) in [6.45, 7) is 8.36. The van der Waals surface area contributed by atoms with E-state index in [0.29, 0.717) is 17.9 Å². The van der Waals surface area contributed by atoms with Gasteiger partial charge in [0.1, 0.15) is 0 Å². The Morgan fingerprint density at radius 3 is 2.19 bits per heavy atom. The molecule has 1 fully saturated rings. The molecule has 1 heterocycles. The summed E-state index contributed by atoms with van der Waals surface area (Å²) in [7, 11) is -3.61. The molecule has 0 radical (unpaired) electrons. The molecule has 6 heteroatoms. The number of nitrogens with zero attached hydrogens (tertiary/aromatic N) is 1. The Kier molecular flexibility index (Phi) is 5.40. The maximum absolute atomic E-state index is 12.8. The number of hydrogen-bond acceptors (Lipinski definition) is 3. The van der Waals surface area contributed by atoms with Crippen molar-refractivity contribution in [2.45, 2.75) is 39.0 Å². The minimum atomic E-state index is -3.61. The average molecular weight is 387 g/mol. The molecule has 1 saturated heterocycles. The average Bonchev–Trinajstić information content (AvgIpc) is 2.93. The van der Waals surface area contributed by atoms with E-state index in [1.165, 1.54) is 0 Å². The molecule has 1 N–H and O–H groups in total. The van der Waals surface area contributed by atoms with Crippen molar-refractivity contribution in [3.05, 3.63) is 58.7 Å². The molecule has 0 saturated carbocycles. The number of aryl methyl sites for hydroxylation is 4. The van der Waals surface area contributed by atoms with E-state index >= 15 is 0 Å². The third kappa shape index (κ3) is 4.22. The third-order valence-corrected chi connectivity index (χ3v) is 6.71. The van der Waals surface area contributed by atoms with Crippen LogP contribution >= 0.6 is 0 Å². The van der Waals surface area contributed by atoms with Crippen LogP contribution in [-0.4, -0.2) is 27.4 Å². The van der Waals surface area contributed by atoms with Crippen LogP contribution in [0.25, 0.3) is 0 Å². The number of nitrogens with one attached hydrogen (secondary N) is 1. The summed E-state index contributed by atoms with van der Waals surface area (Å²) in [5.74, 6) is -0.00890. The van der Waals surface area contributed by atoms with E-state index in [0.717, 1.165) is 27.9 Å². The van der Waals surface area contributed by atoms with Gasteiger partial charge in [-0.05, 0) is 56.9 Å². The molecule has 1 atom stereocenters. The van der Waals surface area contributed by atoms with Crippen molar-refractivity contribution in [1.29, 1.82) is 0 Å². The molecule has 1 unspecified atom stereocenters. The van der Waals surface area contributed by atoms with Crippen molar-refractivity contribution in [1.82, 2.24) is 4.72 Å². The highest BCUT2D eigenvalue weighted by atomic mass is 32.2. The second kappa shape index (κ2) is 7.44. The Labute approximate surface area is 161 Å². The highest BCUT2D eigenvalue weighted by molar-refractivity contribution is 7.89. The van der Waals surface area contributed by atoms with Gasteiger partial charge in [-0.1, -0.05) is 35.4 Å². The zero-order valence-electron chi connectivity index (χ0n) is 16.2. The van der Waals surface area contributed by atoms with Crippen LogP contribution in [-0.2, 0) is 14.8 Å². The number of amides is 1. The van der Waals surface area contributed by atoms with Gasteiger partial charge in [-0.3, -0.25) is 4.79 Å². The summed E-state index contributed by atoms with van der Waals surface area (Å²) in [5.41, 5.74) is 4.52. The molecule has 0 aliphatic carbocycles. The number of hydrogen-bond donors (Lipinski definition) is 1. The smallest absolute Gasteiger partial charge is 0.241 e. The van der Waals surface area contributed by atoms with Crippen LogP contribution in [0.1, 0.15) is 28.7 Å². The first kappa shape index (κ1) is 19.6. The maximum atomic E-state index is 12.8. The molecule has 5 nitrogen and oxygen atoms in total. The first-order valence-corrected chi connectivity index (χ1v) is 10.6. The number of rotatable bonds is 5. The first-order chi connectivity index (χ1) is 12.7. The van der Waals surface area contributed by atoms with E-state index in [1.54, 1.807) is 4.90 Å². The summed E-state index contributed by atoms with van der Waals surface area (Å²) in [5, 5.41) is 0. The number of benzene rings is 2. The van der Waals surface area contributed by atoms with Crippen molar-refractivity contribution in [2.24, 2.45) is 5.92 Å². The lowest BCUT2D eigenvalue weighted by Crippen LogP contribution is -2.32. The van der Waals surface area contributed by atoms with E-state index in [4.69, 9.17) is 0 Å².